The molecular weight excluding hydrogens is 268 g/mol. The normalized spacial score (nSPS) is 10.1. The van der Waals surface area contributed by atoms with Gasteiger partial charge in [-0.2, -0.15) is 0 Å². The zero-order valence-electron chi connectivity index (χ0n) is 8.64. The summed E-state index contributed by atoms with van der Waals surface area (Å²) < 4.78 is 7.94. The minimum atomic E-state index is 0.501. The molecule has 0 radical (unpaired) electrons. The molecule has 0 saturated carbocycles. The van der Waals surface area contributed by atoms with Crippen LogP contribution in [0.3, 0.4) is 0 Å². The molecule has 0 atom stereocenters. The average Bonchev–Trinajstić information content (AvgIpc) is 2.30. The lowest BCUT2D eigenvalue weighted by Gasteiger charge is -2.04. The Balaban J connectivity index is 2.11. The van der Waals surface area contributed by atoms with E-state index >= 15 is 0 Å². The predicted octanol–water partition coefficient (Wildman–Crippen LogP) is 2.03. The average molecular weight is 280 g/mol. The molecule has 0 spiro atoms. The number of nitrogens with zero attached hydrogens (tertiary/aromatic N) is 1. The number of nitrogen functional groups attached to an aromatic ring is 1. The SMILES string of the molecule is N[n+]1cccc(Br)c1OCc1ccccc1. The quantitative estimate of drug-likeness (QED) is 0.690. The Morgan fingerprint density at radius 1 is 1.12 bits per heavy atom. The first-order chi connectivity index (χ1) is 7.77. The summed E-state index contributed by atoms with van der Waals surface area (Å²) in [6.45, 7) is 0.501. The van der Waals surface area contributed by atoms with Gasteiger partial charge >= 0.3 is 5.88 Å². The Bertz CT molecular complexity index is 453. The minimum absolute atomic E-state index is 0.501. The fourth-order valence-corrected chi connectivity index (χ4v) is 1.82. The summed E-state index contributed by atoms with van der Waals surface area (Å²) in [7, 11) is 0. The van der Waals surface area contributed by atoms with Crippen LogP contribution in [0.25, 0.3) is 0 Å². The summed E-state index contributed by atoms with van der Waals surface area (Å²) in [5.74, 6) is 6.36. The van der Waals surface area contributed by atoms with Crippen LogP contribution in [-0.4, -0.2) is 0 Å². The van der Waals surface area contributed by atoms with Crippen molar-refractivity contribution in [2.45, 2.75) is 6.61 Å². The van der Waals surface area contributed by atoms with Gasteiger partial charge in [0.15, 0.2) is 0 Å². The smallest absolute Gasteiger partial charge is 0.411 e. The Morgan fingerprint density at radius 2 is 1.88 bits per heavy atom. The number of hydrogen-bond acceptors (Lipinski definition) is 2. The summed E-state index contributed by atoms with van der Waals surface area (Å²) >= 11 is 3.39. The van der Waals surface area contributed by atoms with E-state index in [0.717, 1.165) is 10.0 Å². The van der Waals surface area contributed by atoms with E-state index in [1.54, 1.807) is 6.20 Å². The van der Waals surface area contributed by atoms with E-state index in [4.69, 9.17) is 10.6 Å². The molecule has 16 heavy (non-hydrogen) atoms. The highest BCUT2D eigenvalue weighted by Gasteiger charge is 2.13. The Labute approximate surface area is 103 Å². The molecule has 0 amide bonds. The van der Waals surface area contributed by atoms with E-state index in [9.17, 15) is 0 Å². The van der Waals surface area contributed by atoms with Gasteiger partial charge in [0.25, 0.3) is 0 Å². The van der Waals surface area contributed by atoms with Gasteiger partial charge in [0.05, 0.1) is 0 Å². The van der Waals surface area contributed by atoms with Gasteiger partial charge in [0.2, 0.25) is 6.20 Å². The van der Waals surface area contributed by atoms with Gasteiger partial charge in [0.1, 0.15) is 11.1 Å². The van der Waals surface area contributed by atoms with Crippen molar-refractivity contribution in [3.8, 4) is 5.88 Å². The van der Waals surface area contributed by atoms with Gasteiger partial charge in [-0.05, 0) is 27.6 Å². The first kappa shape index (κ1) is 11.0. The predicted molar refractivity (Wildman–Crippen MR) is 65.3 cm³/mol. The van der Waals surface area contributed by atoms with Crippen LogP contribution in [0.4, 0.5) is 0 Å². The second kappa shape index (κ2) is 4.99. The molecule has 0 aliphatic rings. The highest BCUT2D eigenvalue weighted by molar-refractivity contribution is 9.10. The largest absolute Gasteiger partial charge is 0.437 e. The van der Waals surface area contributed by atoms with Crippen molar-refractivity contribution >= 4 is 15.9 Å². The van der Waals surface area contributed by atoms with Crippen LogP contribution in [0.5, 0.6) is 5.88 Å². The van der Waals surface area contributed by atoms with Crippen LogP contribution in [0.2, 0.25) is 0 Å². The molecule has 0 aliphatic heterocycles. The van der Waals surface area contributed by atoms with Crippen molar-refractivity contribution in [2.75, 3.05) is 5.84 Å². The number of ether oxygens (including phenoxy) is 1. The maximum Gasteiger partial charge on any atom is 0.411 e. The highest BCUT2D eigenvalue weighted by Crippen LogP contribution is 2.19. The Hall–Kier alpha value is -1.55. The van der Waals surface area contributed by atoms with E-state index in [1.165, 1.54) is 4.68 Å². The number of rotatable bonds is 3. The lowest BCUT2D eigenvalue weighted by atomic mass is 10.2. The van der Waals surface area contributed by atoms with Crippen molar-refractivity contribution < 1.29 is 9.41 Å². The van der Waals surface area contributed by atoms with E-state index in [2.05, 4.69) is 15.9 Å². The third-order valence-corrected chi connectivity index (χ3v) is 2.75. The van der Waals surface area contributed by atoms with Crippen molar-refractivity contribution in [3.05, 3.63) is 58.7 Å². The molecule has 2 aromatic rings. The standard InChI is InChI=1S/C12H12BrN2O/c13-11-7-4-8-15(14)12(11)16-9-10-5-2-1-3-6-10/h1-8H,9,14H2/q+1. The van der Waals surface area contributed by atoms with Crippen LogP contribution >= 0.6 is 15.9 Å². The molecule has 0 saturated heterocycles. The molecule has 0 fully saturated rings. The van der Waals surface area contributed by atoms with E-state index in [0.29, 0.717) is 12.5 Å². The molecule has 0 bridgehead atoms. The number of aromatic nitrogens is 1. The fraction of sp³-hybridized carbons (Fsp3) is 0.0833. The topological polar surface area (TPSA) is 39.1 Å². The van der Waals surface area contributed by atoms with Gasteiger partial charge in [-0.3, -0.25) is 0 Å². The molecule has 3 nitrogen and oxygen atoms in total. The fourth-order valence-electron chi connectivity index (χ4n) is 1.35. The maximum atomic E-state index is 5.75. The lowest BCUT2D eigenvalue weighted by molar-refractivity contribution is -0.646. The van der Waals surface area contributed by atoms with E-state index < -0.39 is 0 Å². The molecule has 1 aromatic carbocycles. The number of halogens is 1. The molecule has 4 heteroatoms. The molecule has 1 heterocycles. The summed E-state index contributed by atoms with van der Waals surface area (Å²) in [6.07, 6.45) is 1.74. The highest BCUT2D eigenvalue weighted by atomic mass is 79.9. The maximum absolute atomic E-state index is 5.75. The monoisotopic (exact) mass is 279 g/mol. The molecule has 82 valence electrons. The van der Waals surface area contributed by atoms with Crippen molar-refractivity contribution in [3.63, 3.8) is 0 Å². The zero-order valence-corrected chi connectivity index (χ0v) is 10.2. The van der Waals surface area contributed by atoms with Crippen molar-refractivity contribution in [2.24, 2.45) is 0 Å². The lowest BCUT2D eigenvalue weighted by Crippen LogP contribution is -2.45. The second-order valence-corrected chi connectivity index (χ2v) is 4.20. The molecule has 2 rings (SSSR count). The molecule has 1 aromatic heterocycles. The van der Waals surface area contributed by atoms with Gasteiger partial charge in [-0.1, -0.05) is 35.0 Å². The summed E-state index contributed by atoms with van der Waals surface area (Å²) in [5.41, 5.74) is 1.11. The van der Waals surface area contributed by atoms with Crippen molar-refractivity contribution in [1.82, 2.24) is 0 Å². The van der Waals surface area contributed by atoms with Crippen LogP contribution in [0.15, 0.2) is 53.1 Å². The zero-order chi connectivity index (χ0) is 11.4. The van der Waals surface area contributed by atoms with Crippen LogP contribution < -0.4 is 15.3 Å². The first-order valence-electron chi connectivity index (χ1n) is 4.89. The number of hydrogen-bond donors (Lipinski definition) is 1. The molecule has 0 aliphatic carbocycles. The Morgan fingerprint density at radius 3 is 2.56 bits per heavy atom. The second-order valence-electron chi connectivity index (χ2n) is 3.34. The third-order valence-electron chi connectivity index (χ3n) is 2.15. The number of benzene rings is 1. The van der Waals surface area contributed by atoms with E-state index in [1.807, 2.05) is 42.5 Å². The van der Waals surface area contributed by atoms with Gasteiger partial charge in [-0.25, -0.2) is 5.84 Å². The van der Waals surface area contributed by atoms with Gasteiger partial charge in [0, 0.05) is 6.07 Å². The minimum Gasteiger partial charge on any atom is -0.437 e. The summed E-state index contributed by atoms with van der Waals surface area (Å²) in [4.78, 5) is 0. The van der Waals surface area contributed by atoms with Crippen LogP contribution in [0, 0.1) is 0 Å². The summed E-state index contributed by atoms with van der Waals surface area (Å²) in [6, 6.07) is 13.7. The first-order valence-corrected chi connectivity index (χ1v) is 5.68. The van der Waals surface area contributed by atoms with Crippen LogP contribution in [-0.2, 0) is 6.61 Å². The van der Waals surface area contributed by atoms with Gasteiger partial charge in [-0.15, -0.1) is 0 Å². The third kappa shape index (κ3) is 2.52. The Kier molecular flexibility index (Phi) is 3.41. The molecular formula is C12H12BrN2O+. The van der Waals surface area contributed by atoms with Crippen molar-refractivity contribution in [1.29, 1.82) is 0 Å². The molecule has 2 N–H and O–H groups in total. The van der Waals surface area contributed by atoms with Crippen LogP contribution in [0.1, 0.15) is 5.56 Å². The molecule has 0 unspecified atom stereocenters. The van der Waals surface area contributed by atoms with Gasteiger partial charge < -0.3 is 4.74 Å². The summed E-state index contributed by atoms with van der Waals surface area (Å²) in [5, 5.41) is 0. The number of pyridine rings is 1. The number of nitrogens with two attached hydrogens (primary N) is 1. The van der Waals surface area contributed by atoms with E-state index in [-0.39, 0.29) is 0 Å².